The van der Waals surface area contributed by atoms with E-state index < -0.39 is 0 Å². The van der Waals surface area contributed by atoms with Gasteiger partial charge in [0.2, 0.25) is 0 Å². The van der Waals surface area contributed by atoms with Crippen molar-refractivity contribution in [2.75, 3.05) is 0 Å². The van der Waals surface area contributed by atoms with Crippen LogP contribution in [-0.2, 0) is 19.6 Å². The number of aryl methyl sites for hydroxylation is 6. The van der Waals surface area contributed by atoms with Gasteiger partial charge in [0.1, 0.15) is 0 Å². The summed E-state index contributed by atoms with van der Waals surface area (Å²) in [5, 5.41) is 0. The molecule has 0 fully saturated rings. The fraction of sp³-hybridized carbons (Fsp3) is 0.500. The molecular formula is C24H36N4. The Balaban J connectivity index is 1.81. The number of rotatable bonds is 8. The third kappa shape index (κ3) is 4.27. The third-order valence-electron chi connectivity index (χ3n) is 6.39. The molecule has 3 heterocycles. The van der Waals surface area contributed by atoms with E-state index in [0.717, 1.165) is 26.1 Å². The minimum Gasteiger partial charge on any atom is -0.349 e. The summed E-state index contributed by atoms with van der Waals surface area (Å²) in [6, 6.07) is 13.3. The predicted molar refractivity (Wildman–Crippen MR) is 118 cm³/mol. The van der Waals surface area contributed by atoms with Crippen LogP contribution in [0.5, 0.6) is 0 Å². The van der Waals surface area contributed by atoms with Gasteiger partial charge in [0.05, 0.1) is 0 Å². The van der Waals surface area contributed by atoms with Gasteiger partial charge < -0.3 is 19.4 Å². The molecule has 2 atom stereocenters. The maximum absolute atomic E-state index is 6.84. The van der Waals surface area contributed by atoms with Crippen LogP contribution in [0.4, 0.5) is 0 Å². The van der Waals surface area contributed by atoms with Crippen LogP contribution in [0.15, 0.2) is 36.4 Å². The number of nitrogens with zero attached hydrogens (tertiary/aromatic N) is 3. The van der Waals surface area contributed by atoms with Gasteiger partial charge in [-0.3, -0.25) is 0 Å². The standard InChI is InChI=1S/C24H36N4/c1-17-7-8-18(2)26(17)14-13-23(15-27-19(3)9-10-20(27)4)24(25)16-28-21(5)11-12-22(28)6/h7-12,23-24H,13-16,25H2,1-6H3. The third-order valence-corrected chi connectivity index (χ3v) is 6.39. The molecule has 3 aromatic rings. The van der Waals surface area contributed by atoms with Gasteiger partial charge in [-0.25, -0.2) is 0 Å². The summed E-state index contributed by atoms with van der Waals surface area (Å²) in [5.41, 5.74) is 14.7. The van der Waals surface area contributed by atoms with Gasteiger partial charge in [0.15, 0.2) is 0 Å². The van der Waals surface area contributed by atoms with Crippen molar-refractivity contribution < 1.29 is 0 Å². The Morgan fingerprint density at radius 3 is 1.39 bits per heavy atom. The van der Waals surface area contributed by atoms with Crippen LogP contribution in [0.3, 0.4) is 0 Å². The molecule has 2 N–H and O–H groups in total. The summed E-state index contributed by atoms with van der Waals surface area (Å²) >= 11 is 0. The number of hydrogen-bond donors (Lipinski definition) is 1. The molecule has 0 aliphatic heterocycles. The van der Waals surface area contributed by atoms with Crippen molar-refractivity contribution in [3.8, 4) is 0 Å². The zero-order chi connectivity index (χ0) is 20.4. The normalized spacial score (nSPS) is 13.8. The molecule has 0 aliphatic carbocycles. The predicted octanol–water partition coefficient (Wildman–Crippen LogP) is 4.68. The lowest BCUT2D eigenvalue weighted by molar-refractivity contribution is 0.298. The van der Waals surface area contributed by atoms with Crippen LogP contribution in [0.1, 0.15) is 40.6 Å². The van der Waals surface area contributed by atoms with Crippen molar-refractivity contribution >= 4 is 0 Å². The van der Waals surface area contributed by atoms with Crippen molar-refractivity contribution in [1.82, 2.24) is 13.7 Å². The lowest BCUT2D eigenvalue weighted by Gasteiger charge is -2.28. The highest BCUT2D eigenvalue weighted by Crippen LogP contribution is 2.21. The van der Waals surface area contributed by atoms with E-state index >= 15 is 0 Å². The van der Waals surface area contributed by atoms with Gasteiger partial charge in [0, 0.05) is 59.8 Å². The first kappa shape index (κ1) is 20.5. The molecule has 0 aromatic carbocycles. The van der Waals surface area contributed by atoms with Crippen LogP contribution >= 0.6 is 0 Å². The molecule has 152 valence electrons. The zero-order valence-electron chi connectivity index (χ0n) is 18.4. The largest absolute Gasteiger partial charge is 0.349 e. The van der Waals surface area contributed by atoms with E-state index in [1.165, 1.54) is 34.2 Å². The Kier molecular flexibility index (Phi) is 6.19. The number of nitrogens with two attached hydrogens (primary N) is 1. The second-order valence-electron chi connectivity index (χ2n) is 8.43. The average Bonchev–Trinajstić information content (AvgIpc) is 3.26. The van der Waals surface area contributed by atoms with E-state index in [2.05, 4.69) is 91.6 Å². The monoisotopic (exact) mass is 380 g/mol. The Labute approximate surface area is 170 Å². The van der Waals surface area contributed by atoms with Gasteiger partial charge in [-0.15, -0.1) is 0 Å². The summed E-state index contributed by atoms with van der Waals surface area (Å²) in [7, 11) is 0. The molecule has 28 heavy (non-hydrogen) atoms. The fourth-order valence-electron chi connectivity index (χ4n) is 4.36. The minimum absolute atomic E-state index is 0.113. The van der Waals surface area contributed by atoms with Crippen LogP contribution in [0.25, 0.3) is 0 Å². The minimum atomic E-state index is 0.113. The van der Waals surface area contributed by atoms with E-state index in [0.29, 0.717) is 5.92 Å². The maximum atomic E-state index is 6.84. The maximum Gasteiger partial charge on any atom is 0.0379 e. The molecule has 0 saturated carbocycles. The molecule has 3 aromatic heterocycles. The zero-order valence-corrected chi connectivity index (χ0v) is 18.4. The molecule has 3 rings (SSSR count). The molecular weight excluding hydrogens is 344 g/mol. The second-order valence-corrected chi connectivity index (χ2v) is 8.43. The molecule has 0 radical (unpaired) electrons. The summed E-state index contributed by atoms with van der Waals surface area (Å²) < 4.78 is 7.20. The van der Waals surface area contributed by atoms with Crippen LogP contribution in [0, 0.1) is 47.5 Å². The molecule has 0 bridgehead atoms. The van der Waals surface area contributed by atoms with Gasteiger partial charge in [-0.1, -0.05) is 0 Å². The summed E-state index contributed by atoms with van der Waals surface area (Å²) in [6.45, 7) is 16.0. The lowest BCUT2D eigenvalue weighted by atomic mass is 9.95. The molecule has 0 amide bonds. The van der Waals surface area contributed by atoms with Crippen LogP contribution < -0.4 is 5.73 Å². The number of aromatic nitrogens is 3. The average molecular weight is 381 g/mol. The van der Waals surface area contributed by atoms with E-state index in [1.807, 2.05) is 0 Å². The molecule has 2 unspecified atom stereocenters. The second kappa shape index (κ2) is 8.44. The smallest absolute Gasteiger partial charge is 0.0379 e. The highest BCUT2D eigenvalue weighted by atomic mass is 15.0. The van der Waals surface area contributed by atoms with Gasteiger partial charge in [-0.2, -0.15) is 0 Å². The van der Waals surface area contributed by atoms with Crippen molar-refractivity contribution in [1.29, 1.82) is 0 Å². The SMILES string of the molecule is Cc1ccc(C)n1CCC(Cn1c(C)ccc1C)C(N)Cn1c(C)ccc1C. The van der Waals surface area contributed by atoms with E-state index in [9.17, 15) is 0 Å². The van der Waals surface area contributed by atoms with Gasteiger partial charge in [-0.05, 0) is 90.3 Å². The Morgan fingerprint density at radius 2 is 0.964 bits per heavy atom. The Hall–Kier alpha value is -2.20. The summed E-state index contributed by atoms with van der Waals surface area (Å²) in [6.07, 6.45) is 1.08. The Bertz CT molecular complexity index is 866. The van der Waals surface area contributed by atoms with E-state index in [-0.39, 0.29) is 6.04 Å². The first-order valence-corrected chi connectivity index (χ1v) is 10.4. The van der Waals surface area contributed by atoms with Crippen LogP contribution in [-0.4, -0.2) is 19.7 Å². The summed E-state index contributed by atoms with van der Waals surface area (Å²) in [5.74, 6) is 0.409. The summed E-state index contributed by atoms with van der Waals surface area (Å²) in [4.78, 5) is 0. The molecule has 0 aliphatic rings. The molecule has 0 spiro atoms. The first-order chi connectivity index (χ1) is 13.3. The van der Waals surface area contributed by atoms with Crippen molar-refractivity contribution in [2.24, 2.45) is 11.7 Å². The Morgan fingerprint density at radius 1 is 0.607 bits per heavy atom. The molecule has 0 saturated heterocycles. The van der Waals surface area contributed by atoms with E-state index in [4.69, 9.17) is 5.73 Å². The van der Waals surface area contributed by atoms with Crippen molar-refractivity contribution in [3.05, 3.63) is 70.6 Å². The topological polar surface area (TPSA) is 40.8 Å². The van der Waals surface area contributed by atoms with Crippen molar-refractivity contribution in [2.45, 2.75) is 73.6 Å². The lowest BCUT2D eigenvalue weighted by Crippen LogP contribution is -2.38. The molecule has 4 nitrogen and oxygen atoms in total. The highest BCUT2D eigenvalue weighted by molar-refractivity contribution is 5.16. The van der Waals surface area contributed by atoms with Gasteiger partial charge in [0.25, 0.3) is 0 Å². The number of hydrogen-bond acceptors (Lipinski definition) is 1. The quantitative estimate of drug-likeness (QED) is 0.606. The van der Waals surface area contributed by atoms with E-state index in [1.54, 1.807) is 0 Å². The highest BCUT2D eigenvalue weighted by Gasteiger charge is 2.21. The van der Waals surface area contributed by atoms with Gasteiger partial charge >= 0.3 is 0 Å². The fourth-order valence-corrected chi connectivity index (χ4v) is 4.36. The van der Waals surface area contributed by atoms with Crippen molar-refractivity contribution in [3.63, 3.8) is 0 Å². The van der Waals surface area contributed by atoms with Crippen LogP contribution in [0.2, 0.25) is 0 Å². The molecule has 4 heteroatoms. The first-order valence-electron chi connectivity index (χ1n) is 10.4.